The Bertz CT molecular complexity index is 546. The van der Waals surface area contributed by atoms with Crippen molar-refractivity contribution in [3.8, 4) is 0 Å². The first-order valence-electron chi connectivity index (χ1n) is 6.60. The molecule has 1 amide bonds. The van der Waals surface area contributed by atoms with E-state index in [1.807, 2.05) is 76.2 Å². The fraction of sp³-hybridized carbons (Fsp3) is 0.235. The molecule has 0 aliphatic rings. The molecule has 0 unspecified atom stereocenters. The largest absolute Gasteiger partial charge is 0.322 e. The van der Waals surface area contributed by atoms with Gasteiger partial charge >= 0.3 is 0 Å². The lowest BCUT2D eigenvalue weighted by atomic mass is 10.1. The van der Waals surface area contributed by atoms with Gasteiger partial charge in [0.15, 0.2) is 0 Å². The predicted molar refractivity (Wildman–Crippen MR) is 81.7 cm³/mol. The van der Waals surface area contributed by atoms with Crippen LogP contribution in [0.4, 0.5) is 5.69 Å². The molecule has 0 aromatic heterocycles. The van der Waals surface area contributed by atoms with E-state index in [0.717, 1.165) is 16.8 Å². The van der Waals surface area contributed by atoms with Gasteiger partial charge in [-0.3, -0.25) is 4.79 Å². The van der Waals surface area contributed by atoms with Gasteiger partial charge in [-0.25, -0.2) is 0 Å². The van der Waals surface area contributed by atoms with Gasteiger partial charge in [-0.2, -0.15) is 0 Å². The lowest BCUT2D eigenvalue weighted by Gasteiger charge is -2.06. The Morgan fingerprint density at radius 3 is 2.05 bits per heavy atom. The van der Waals surface area contributed by atoms with Gasteiger partial charge in [0, 0.05) is 11.3 Å². The Hall–Kier alpha value is -2.09. The van der Waals surface area contributed by atoms with Crippen molar-refractivity contribution in [1.29, 1.82) is 0 Å². The third kappa shape index (κ3) is 4.59. The van der Waals surface area contributed by atoms with E-state index in [2.05, 4.69) is 5.32 Å². The van der Waals surface area contributed by atoms with E-state index >= 15 is 0 Å². The minimum absolute atomic E-state index is 0.0701. The first-order valence-corrected chi connectivity index (χ1v) is 6.60. The smallest absolute Gasteiger partial charge is 0.255 e. The summed E-state index contributed by atoms with van der Waals surface area (Å²) in [6, 6.07) is 15.3. The summed E-state index contributed by atoms with van der Waals surface area (Å²) in [6.07, 6.45) is 0. The fourth-order valence-electron chi connectivity index (χ4n) is 1.71. The van der Waals surface area contributed by atoms with Crippen LogP contribution in [0.3, 0.4) is 0 Å². The summed E-state index contributed by atoms with van der Waals surface area (Å²) >= 11 is 0. The molecule has 2 heteroatoms. The summed E-state index contributed by atoms with van der Waals surface area (Å²) in [6.45, 7) is 7.98. The molecule has 0 heterocycles. The van der Waals surface area contributed by atoms with E-state index in [-0.39, 0.29) is 5.91 Å². The third-order valence-electron chi connectivity index (χ3n) is 2.56. The maximum absolute atomic E-state index is 12.0. The van der Waals surface area contributed by atoms with Crippen LogP contribution in [0.15, 0.2) is 48.5 Å². The number of nitrogens with one attached hydrogen (secondary N) is 1. The zero-order valence-electron chi connectivity index (χ0n) is 12.0. The fourth-order valence-corrected chi connectivity index (χ4v) is 1.71. The van der Waals surface area contributed by atoms with Crippen molar-refractivity contribution < 1.29 is 4.79 Å². The summed E-state index contributed by atoms with van der Waals surface area (Å²) in [4.78, 5) is 12.0. The van der Waals surface area contributed by atoms with E-state index in [1.54, 1.807) is 0 Å². The van der Waals surface area contributed by atoms with Crippen LogP contribution in [-0.4, -0.2) is 5.91 Å². The van der Waals surface area contributed by atoms with Crippen LogP contribution in [-0.2, 0) is 0 Å². The first kappa shape index (κ1) is 15.0. The van der Waals surface area contributed by atoms with Crippen LogP contribution in [0.1, 0.15) is 35.3 Å². The van der Waals surface area contributed by atoms with Crippen molar-refractivity contribution in [3.63, 3.8) is 0 Å². The van der Waals surface area contributed by atoms with E-state index in [4.69, 9.17) is 0 Å². The maximum Gasteiger partial charge on any atom is 0.255 e. The van der Waals surface area contributed by atoms with Crippen molar-refractivity contribution in [2.45, 2.75) is 27.7 Å². The van der Waals surface area contributed by atoms with Crippen molar-refractivity contribution in [3.05, 3.63) is 65.2 Å². The van der Waals surface area contributed by atoms with E-state index in [1.165, 1.54) is 0 Å². The second-order valence-corrected chi connectivity index (χ2v) is 4.19. The van der Waals surface area contributed by atoms with Gasteiger partial charge in [-0.15, -0.1) is 0 Å². The Labute approximate surface area is 115 Å². The monoisotopic (exact) mass is 255 g/mol. The van der Waals surface area contributed by atoms with Crippen LogP contribution in [0, 0.1) is 13.8 Å². The second kappa shape index (κ2) is 7.37. The molecule has 2 rings (SSSR count). The van der Waals surface area contributed by atoms with Gasteiger partial charge in [0.25, 0.3) is 5.91 Å². The SMILES string of the molecule is CC.Cc1cccc(NC(=O)c2cccc(C)c2)c1. The normalized spacial score (nSPS) is 9.26. The number of hydrogen-bond acceptors (Lipinski definition) is 1. The van der Waals surface area contributed by atoms with Crippen LogP contribution < -0.4 is 5.32 Å². The average molecular weight is 255 g/mol. The molecule has 0 aliphatic heterocycles. The highest BCUT2D eigenvalue weighted by atomic mass is 16.1. The van der Waals surface area contributed by atoms with Gasteiger partial charge < -0.3 is 5.32 Å². The molecule has 0 radical (unpaired) electrons. The first-order chi connectivity index (χ1) is 9.15. The molecule has 0 aliphatic carbocycles. The molecule has 2 nitrogen and oxygen atoms in total. The minimum Gasteiger partial charge on any atom is -0.322 e. The molecule has 0 atom stereocenters. The number of carbonyl (C=O) groups is 1. The molecule has 2 aromatic carbocycles. The Morgan fingerprint density at radius 1 is 0.895 bits per heavy atom. The maximum atomic E-state index is 12.0. The molecule has 0 fully saturated rings. The molecule has 0 bridgehead atoms. The number of benzene rings is 2. The average Bonchev–Trinajstić information content (AvgIpc) is 2.41. The van der Waals surface area contributed by atoms with Crippen molar-refractivity contribution in [2.75, 3.05) is 5.32 Å². The number of amides is 1. The molecule has 0 saturated heterocycles. The molecular formula is C17H21NO. The van der Waals surface area contributed by atoms with Crippen LogP contribution in [0.25, 0.3) is 0 Å². The number of hydrogen-bond donors (Lipinski definition) is 1. The zero-order valence-corrected chi connectivity index (χ0v) is 12.0. The lowest BCUT2D eigenvalue weighted by Crippen LogP contribution is -2.11. The highest BCUT2D eigenvalue weighted by Crippen LogP contribution is 2.12. The lowest BCUT2D eigenvalue weighted by molar-refractivity contribution is 0.102. The summed E-state index contributed by atoms with van der Waals surface area (Å²) in [7, 11) is 0. The van der Waals surface area contributed by atoms with E-state index in [0.29, 0.717) is 5.56 Å². The number of carbonyl (C=O) groups excluding carboxylic acids is 1. The summed E-state index contributed by atoms with van der Waals surface area (Å²) < 4.78 is 0. The Balaban J connectivity index is 0.000000861. The second-order valence-electron chi connectivity index (χ2n) is 4.19. The molecule has 0 saturated carbocycles. The van der Waals surface area contributed by atoms with E-state index in [9.17, 15) is 4.79 Å². The highest BCUT2D eigenvalue weighted by Gasteiger charge is 2.05. The minimum atomic E-state index is -0.0701. The van der Waals surface area contributed by atoms with Crippen molar-refractivity contribution in [2.24, 2.45) is 0 Å². The molecule has 19 heavy (non-hydrogen) atoms. The number of aryl methyl sites for hydroxylation is 2. The molecule has 100 valence electrons. The predicted octanol–water partition coefficient (Wildman–Crippen LogP) is 4.58. The zero-order chi connectivity index (χ0) is 14.3. The summed E-state index contributed by atoms with van der Waals surface area (Å²) in [5.41, 5.74) is 3.73. The highest BCUT2D eigenvalue weighted by molar-refractivity contribution is 6.04. The standard InChI is InChI=1S/C15H15NO.C2H6/c1-11-5-3-7-13(9-11)15(17)16-14-8-4-6-12(2)10-14;1-2/h3-10H,1-2H3,(H,16,17);1-2H3. The molecular weight excluding hydrogens is 234 g/mol. The van der Waals surface area contributed by atoms with Crippen LogP contribution >= 0.6 is 0 Å². The van der Waals surface area contributed by atoms with Crippen LogP contribution in [0.5, 0.6) is 0 Å². The molecule has 2 aromatic rings. The van der Waals surface area contributed by atoms with Gasteiger partial charge in [0.05, 0.1) is 0 Å². The molecule has 1 N–H and O–H groups in total. The Morgan fingerprint density at radius 2 is 1.47 bits per heavy atom. The van der Waals surface area contributed by atoms with Gasteiger partial charge in [-0.05, 0) is 43.7 Å². The van der Waals surface area contributed by atoms with Crippen molar-refractivity contribution in [1.82, 2.24) is 0 Å². The Kier molecular flexibility index (Phi) is 5.80. The third-order valence-corrected chi connectivity index (χ3v) is 2.56. The summed E-state index contributed by atoms with van der Waals surface area (Å²) in [5.74, 6) is -0.0701. The van der Waals surface area contributed by atoms with Crippen LogP contribution in [0.2, 0.25) is 0 Å². The van der Waals surface area contributed by atoms with Gasteiger partial charge in [-0.1, -0.05) is 43.7 Å². The summed E-state index contributed by atoms with van der Waals surface area (Å²) in [5, 5.41) is 2.89. The van der Waals surface area contributed by atoms with Gasteiger partial charge in [0.1, 0.15) is 0 Å². The molecule has 0 spiro atoms. The quantitative estimate of drug-likeness (QED) is 0.836. The number of rotatable bonds is 2. The van der Waals surface area contributed by atoms with Gasteiger partial charge in [0.2, 0.25) is 0 Å². The van der Waals surface area contributed by atoms with Crippen molar-refractivity contribution >= 4 is 11.6 Å². The number of anilines is 1. The topological polar surface area (TPSA) is 29.1 Å². The van der Waals surface area contributed by atoms with E-state index < -0.39 is 0 Å².